The summed E-state index contributed by atoms with van der Waals surface area (Å²) < 4.78 is 15.7. The number of benzene rings is 1. The van der Waals surface area contributed by atoms with Gasteiger partial charge in [0.15, 0.2) is 11.5 Å². The molecule has 0 aliphatic carbocycles. The highest BCUT2D eigenvalue weighted by atomic mass is 16.5. The number of ether oxygens (including phenoxy) is 3. The predicted molar refractivity (Wildman–Crippen MR) is 71.4 cm³/mol. The van der Waals surface area contributed by atoms with E-state index in [4.69, 9.17) is 14.2 Å². The van der Waals surface area contributed by atoms with Crippen LogP contribution in [0, 0.1) is 0 Å². The van der Waals surface area contributed by atoms with Gasteiger partial charge >= 0.3 is 0 Å². The van der Waals surface area contributed by atoms with Crippen molar-refractivity contribution < 1.29 is 19.0 Å². The van der Waals surface area contributed by atoms with E-state index in [2.05, 4.69) is 25.9 Å². The summed E-state index contributed by atoms with van der Waals surface area (Å²) in [5, 5.41) is 15.4. The molecule has 1 heterocycles. The lowest BCUT2D eigenvalue weighted by Crippen LogP contribution is -2.24. The smallest absolute Gasteiger partial charge is 0.293 e. The lowest BCUT2D eigenvalue weighted by atomic mass is 10.1. The van der Waals surface area contributed by atoms with Crippen molar-refractivity contribution >= 4 is 5.91 Å². The fraction of sp³-hybridized carbons (Fsp3) is 0.333. The van der Waals surface area contributed by atoms with Crippen LogP contribution in [0.5, 0.6) is 17.2 Å². The highest BCUT2D eigenvalue weighted by molar-refractivity contribution is 5.90. The van der Waals surface area contributed by atoms with Crippen LogP contribution < -0.4 is 19.5 Å². The standard InChI is InChI=1S/C12H15N5O4/c1-19-8-5-10(21-3)9(20-2)4-7(8)6-13-12(18)11-14-16-17-15-11/h4-5H,6H2,1-3H3,(H,13,18)(H,14,15,16,17). The van der Waals surface area contributed by atoms with Gasteiger partial charge in [-0.1, -0.05) is 0 Å². The molecule has 0 aliphatic heterocycles. The molecule has 9 nitrogen and oxygen atoms in total. The molecule has 1 amide bonds. The Morgan fingerprint density at radius 1 is 1.14 bits per heavy atom. The van der Waals surface area contributed by atoms with Crippen molar-refractivity contribution in [1.82, 2.24) is 25.9 Å². The van der Waals surface area contributed by atoms with Crippen molar-refractivity contribution in [2.24, 2.45) is 0 Å². The summed E-state index contributed by atoms with van der Waals surface area (Å²) in [6, 6.07) is 3.42. The molecule has 112 valence electrons. The number of rotatable bonds is 6. The number of hydrogen-bond acceptors (Lipinski definition) is 7. The van der Waals surface area contributed by atoms with Gasteiger partial charge in [0.05, 0.1) is 21.3 Å². The van der Waals surface area contributed by atoms with Crippen molar-refractivity contribution in [2.45, 2.75) is 6.54 Å². The van der Waals surface area contributed by atoms with E-state index in [9.17, 15) is 4.79 Å². The molecule has 0 aliphatic rings. The summed E-state index contributed by atoms with van der Waals surface area (Å²) in [6.45, 7) is 0.219. The Bertz CT molecular complexity index is 614. The number of amides is 1. The second-order valence-corrected chi connectivity index (χ2v) is 3.94. The maximum atomic E-state index is 11.8. The van der Waals surface area contributed by atoms with Gasteiger partial charge in [0.25, 0.3) is 11.7 Å². The molecule has 1 aromatic heterocycles. The molecule has 21 heavy (non-hydrogen) atoms. The minimum absolute atomic E-state index is 0.0329. The summed E-state index contributed by atoms with van der Waals surface area (Å²) in [5.74, 6) is 1.18. The largest absolute Gasteiger partial charge is 0.496 e. The monoisotopic (exact) mass is 293 g/mol. The van der Waals surface area contributed by atoms with E-state index in [0.717, 1.165) is 5.56 Å². The molecule has 9 heteroatoms. The Labute approximate surface area is 120 Å². The van der Waals surface area contributed by atoms with Crippen LogP contribution in [-0.2, 0) is 6.54 Å². The van der Waals surface area contributed by atoms with Crippen LogP contribution in [0.2, 0.25) is 0 Å². The van der Waals surface area contributed by atoms with Crippen LogP contribution in [0.15, 0.2) is 12.1 Å². The van der Waals surface area contributed by atoms with E-state index in [0.29, 0.717) is 17.2 Å². The molecule has 0 bridgehead atoms. The molecule has 0 unspecified atom stereocenters. The van der Waals surface area contributed by atoms with Crippen LogP contribution in [0.4, 0.5) is 0 Å². The van der Waals surface area contributed by atoms with Gasteiger partial charge in [0.1, 0.15) is 5.75 Å². The van der Waals surface area contributed by atoms with E-state index in [1.165, 1.54) is 21.3 Å². The third kappa shape index (κ3) is 3.19. The minimum Gasteiger partial charge on any atom is -0.496 e. The van der Waals surface area contributed by atoms with Crippen molar-refractivity contribution in [1.29, 1.82) is 0 Å². The van der Waals surface area contributed by atoms with Gasteiger partial charge < -0.3 is 19.5 Å². The lowest BCUT2D eigenvalue weighted by Gasteiger charge is -2.14. The average molecular weight is 293 g/mol. The summed E-state index contributed by atoms with van der Waals surface area (Å²) in [7, 11) is 4.60. The Balaban J connectivity index is 2.17. The number of nitrogens with one attached hydrogen (secondary N) is 2. The molecule has 2 aromatic rings. The topological polar surface area (TPSA) is 111 Å². The molecule has 2 N–H and O–H groups in total. The maximum Gasteiger partial charge on any atom is 0.293 e. The van der Waals surface area contributed by atoms with Crippen LogP contribution in [-0.4, -0.2) is 47.9 Å². The summed E-state index contributed by atoms with van der Waals surface area (Å²) in [5.41, 5.74) is 0.729. The number of tetrazole rings is 1. The summed E-state index contributed by atoms with van der Waals surface area (Å²) in [6.07, 6.45) is 0. The number of aromatic amines is 1. The zero-order chi connectivity index (χ0) is 15.2. The number of aromatic nitrogens is 4. The van der Waals surface area contributed by atoms with Crippen molar-refractivity contribution in [2.75, 3.05) is 21.3 Å². The third-order valence-electron chi connectivity index (χ3n) is 2.77. The zero-order valence-electron chi connectivity index (χ0n) is 11.8. The fourth-order valence-corrected chi connectivity index (χ4v) is 1.74. The number of methoxy groups -OCH3 is 3. The van der Waals surface area contributed by atoms with Gasteiger partial charge in [0, 0.05) is 18.2 Å². The normalized spacial score (nSPS) is 10.0. The SMILES string of the molecule is COc1cc(OC)c(OC)cc1CNC(=O)c1nn[nH]n1. The number of nitrogens with zero attached hydrogens (tertiary/aromatic N) is 3. The number of hydrogen-bond donors (Lipinski definition) is 2. The first-order valence-corrected chi connectivity index (χ1v) is 6.00. The fourth-order valence-electron chi connectivity index (χ4n) is 1.74. The molecule has 0 radical (unpaired) electrons. The minimum atomic E-state index is -0.444. The predicted octanol–water partition coefficient (Wildman–Crippen LogP) is 0.155. The number of carbonyl (C=O) groups excluding carboxylic acids is 1. The Kier molecular flexibility index (Phi) is 4.54. The molecular formula is C12H15N5O4. The Morgan fingerprint density at radius 3 is 2.38 bits per heavy atom. The van der Waals surface area contributed by atoms with Gasteiger partial charge in [-0.25, -0.2) is 0 Å². The van der Waals surface area contributed by atoms with Crippen LogP contribution in [0.1, 0.15) is 16.2 Å². The first-order valence-electron chi connectivity index (χ1n) is 6.00. The molecule has 0 spiro atoms. The van der Waals surface area contributed by atoms with Crippen LogP contribution in [0.25, 0.3) is 0 Å². The average Bonchev–Trinajstić information content (AvgIpc) is 3.06. The molecular weight excluding hydrogens is 278 g/mol. The molecule has 0 saturated heterocycles. The summed E-state index contributed by atoms with van der Waals surface area (Å²) in [4.78, 5) is 11.8. The second-order valence-electron chi connectivity index (χ2n) is 3.94. The molecule has 0 atom stereocenters. The molecule has 2 rings (SSSR count). The van der Waals surface area contributed by atoms with Gasteiger partial charge in [-0.05, 0) is 11.3 Å². The van der Waals surface area contributed by atoms with Crippen molar-refractivity contribution in [3.05, 3.63) is 23.5 Å². The van der Waals surface area contributed by atoms with E-state index >= 15 is 0 Å². The van der Waals surface area contributed by atoms with E-state index in [1.54, 1.807) is 12.1 Å². The lowest BCUT2D eigenvalue weighted by molar-refractivity contribution is 0.0940. The van der Waals surface area contributed by atoms with Gasteiger partial charge in [-0.2, -0.15) is 5.21 Å². The van der Waals surface area contributed by atoms with Crippen LogP contribution >= 0.6 is 0 Å². The second kappa shape index (κ2) is 6.55. The number of H-pyrrole nitrogens is 1. The maximum absolute atomic E-state index is 11.8. The van der Waals surface area contributed by atoms with Crippen molar-refractivity contribution in [3.8, 4) is 17.2 Å². The van der Waals surface area contributed by atoms with Gasteiger partial charge in [-0.3, -0.25) is 4.79 Å². The highest BCUT2D eigenvalue weighted by Gasteiger charge is 2.14. The highest BCUT2D eigenvalue weighted by Crippen LogP contribution is 2.34. The third-order valence-corrected chi connectivity index (χ3v) is 2.77. The Morgan fingerprint density at radius 2 is 1.81 bits per heavy atom. The van der Waals surface area contributed by atoms with Crippen molar-refractivity contribution in [3.63, 3.8) is 0 Å². The molecule has 0 fully saturated rings. The van der Waals surface area contributed by atoms with Gasteiger partial charge in [-0.15, -0.1) is 10.2 Å². The quantitative estimate of drug-likeness (QED) is 0.780. The molecule has 1 aromatic carbocycles. The van der Waals surface area contributed by atoms with E-state index in [-0.39, 0.29) is 12.4 Å². The first kappa shape index (κ1) is 14.6. The zero-order valence-corrected chi connectivity index (χ0v) is 11.8. The van der Waals surface area contributed by atoms with E-state index < -0.39 is 5.91 Å². The van der Waals surface area contributed by atoms with Crippen LogP contribution in [0.3, 0.4) is 0 Å². The Hall–Kier alpha value is -2.84. The molecule has 0 saturated carbocycles. The summed E-state index contributed by atoms with van der Waals surface area (Å²) >= 11 is 0. The number of carbonyl (C=O) groups is 1. The first-order chi connectivity index (χ1) is 10.2. The van der Waals surface area contributed by atoms with E-state index in [1.807, 2.05) is 0 Å². The van der Waals surface area contributed by atoms with Gasteiger partial charge in [0.2, 0.25) is 0 Å².